The highest BCUT2D eigenvalue weighted by Gasteiger charge is 2.16. The van der Waals surface area contributed by atoms with Gasteiger partial charge in [-0.05, 0) is 36.0 Å². The maximum Gasteiger partial charge on any atom is 0.240 e. The van der Waals surface area contributed by atoms with Gasteiger partial charge in [0.15, 0.2) is 0 Å². The van der Waals surface area contributed by atoms with E-state index in [-0.39, 0.29) is 23.3 Å². The van der Waals surface area contributed by atoms with Crippen LogP contribution in [0.15, 0.2) is 29.2 Å². The smallest absolute Gasteiger partial charge is 0.240 e. The van der Waals surface area contributed by atoms with Crippen LogP contribution in [0.25, 0.3) is 0 Å². The number of aliphatic hydroxyl groups excluding tert-OH is 1. The van der Waals surface area contributed by atoms with Crippen molar-refractivity contribution in [2.75, 3.05) is 6.54 Å². The zero-order chi connectivity index (χ0) is 15.3. The van der Waals surface area contributed by atoms with Crippen LogP contribution in [0.5, 0.6) is 0 Å². The van der Waals surface area contributed by atoms with Gasteiger partial charge in [0.25, 0.3) is 0 Å². The van der Waals surface area contributed by atoms with Gasteiger partial charge >= 0.3 is 0 Å². The molecule has 0 aliphatic heterocycles. The molecule has 4 nitrogen and oxygen atoms in total. The normalized spacial score (nSPS) is 13.9. The molecule has 0 saturated heterocycles. The zero-order valence-corrected chi connectivity index (χ0v) is 13.4. The predicted molar refractivity (Wildman–Crippen MR) is 81.2 cm³/mol. The number of hydrogen-bond acceptors (Lipinski definition) is 3. The van der Waals surface area contributed by atoms with Gasteiger partial charge < -0.3 is 5.11 Å². The fourth-order valence-corrected chi connectivity index (χ4v) is 2.90. The van der Waals surface area contributed by atoms with E-state index in [9.17, 15) is 13.5 Å². The molecule has 0 spiro atoms. The molecule has 0 aliphatic rings. The second kappa shape index (κ2) is 7.20. The van der Waals surface area contributed by atoms with Crippen LogP contribution in [0.3, 0.4) is 0 Å². The fraction of sp³-hybridized carbons (Fsp3) is 0.600. The first kappa shape index (κ1) is 17.1. The topological polar surface area (TPSA) is 66.4 Å². The summed E-state index contributed by atoms with van der Waals surface area (Å²) >= 11 is 0. The van der Waals surface area contributed by atoms with Crippen molar-refractivity contribution in [1.29, 1.82) is 0 Å². The molecular formula is C15H25NO3S. The molecule has 1 atom stereocenters. The second-order valence-electron chi connectivity index (χ2n) is 5.73. The summed E-state index contributed by atoms with van der Waals surface area (Å²) < 4.78 is 26.9. The Kier molecular flexibility index (Phi) is 6.17. The minimum absolute atomic E-state index is 0.128. The molecule has 2 N–H and O–H groups in total. The molecule has 1 aromatic rings. The molecule has 114 valence electrons. The third kappa shape index (κ3) is 4.89. The molecular weight excluding hydrogens is 274 g/mol. The van der Waals surface area contributed by atoms with Gasteiger partial charge in [-0.1, -0.05) is 39.8 Å². The molecule has 20 heavy (non-hydrogen) atoms. The molecule has 5 heteroatoms. The van der Waals surface area contributed by atoms with E-state index >= 15 is 0 Å². The summed E-state index contributed by atoms with van der Waals surface area (Å²) in [6, 6.07) is 6.97. The molecule has 1 rings (SSSR count). The lowest BCUT2D eigenvalue weighted by molar-refractivity contribution is 0.118. The monoisotopic (exact) mass is 299 g/mol. The summed E-state index contributed by atoms with van der Waals surface area (Å²) in [5, 5.41) is 9.68. The van der Waals surface area contributed by atoms with Crippen molar-refractivity contribution >= 4 is 10.0 Å². The summed E-state index contributed by atoms with van der Waals surface area (Å²) in [7, 11) is -3.50. The lowest BCUT2D eigenvalue weighted by atomic mass is 10.0. The maximum atomic E-state index is 12.2. The highest BCUT2D eigenvalue weighted by atomic mass is 32.2. The van der Waals surface area contributed by atoms with Gasteiger partial charge in [0, 0.05) is 6.54 Å². The van der Waals surface area contributed by atoms with Crippen molar-refractivity contribution in [3.8, 4) is 0 Å². The average molecular weight is 299 g/mol. The van der Waals surface area contributed by atoms with Crippen LogP contribution in [0, 0.1) is 5.92 Å². The Morgan fingerprint density at radius 2 is 1.85 bits per heavy atom. The third-order valence-corrected chi connectivity index (χ3v) is 4.80. The van der Waals surface area contributed by atoms with Crippen LogP contribution in [-0.4, -0.2) is 26.2 Å². The van der Waals surface area contributed by atoms with Crippen LogP contribution in [0.4, 0.5) is 0 Å². The van der Waals surface area contributed by atoms with Crippen molar-refractivity contribution in [3.63, 3.8) is 0 Å². The Morgan fingerprint density at radius 1 is 1.20 bits per heavy atom. The molecule has 1 unspecified atom stereocenters. The van der Waals surface area contributed by atoms with Crippen LogP contribution in [0.2, 0.25) is 0 Å². The first-order valence-corrected chi connectivity index (χ1v) is 8.50. The van der Waals surface area contributed by atoms with Crippen LogP contribution in [0.1, 0.15) is 45.6 Å². The van der Waals surface area contributed by atoms with Crippen LogP contribution < -0.4 is 4.72 Å². The Hall–Kier alpha value is -0.910. The maximum absolute atomic E-state index is 12.2. The largest absolute Gasteiger partial charge is 0.393 e. The summed E-state index contributed by atoms with van der Waals surface area (Å²) in [5.74, 6) is 0.414. The number of sulfonamides is 1. The highest BCUT2D eigenvalue weighted by molar-refractivity contribution is 7.89. The second-order valence-corrected chi connectivity index (χ2v) is 7.49. The van der Waals surface area contributed by atoms with E-state index in [1.807, 2.05) is 33.8 Å². The summed E-state index contributed by atoms with van der Waals surface area (Å²) in [6.45, 7) is 8.11. The van der Waals surface area contributed by atoms with E-state index in [2.05, 4.69) is 4.72 Å². The number of rotatable bonds is 7. The molecule has 0 amide bonds. The number of hydrogen-bond donors (Lipinski definition) is 2. The van der Waals surface area contributed by atoms with Gasteiger partial charge in [-0.2, -0.15) is 0 Å². The van der Waals surface area contributed by atoms with E-state index in [0.717, 1.165) is 5.56 Å². The van der Waals surface area contributed by atoms with Gasteiger partial charge in [-0.25, -0.2) is 13.1 Å². The molecule has 0 saturated carbocycles. The molecule has 0 aliphatic carbocycles. The van der Waals surface area contributed by atoms with Gasteiger partial charge in [-0.15, -0.1) is 0 Å². The molecule has 0 radical (unpaired) electrons. The Balaban J connectivity index is 2.72. The summed E-state index contributed by atoms with van der Waals surface area (Å²) in [4.78, 5) is 0.280. The van der Waals surface area contributed by atoms with E-state index in [1.54, 1.807) is 18.2 Å². The average Bonchev–Trinajstić information content (AvgIpc) is 2.38. The fourth-order valence-electron chi connectivity index (χ4n) is 1.80. The van der Waals surface area contributed by atoms with Gasteiger partial charge in [0.1, 0.15) is 0 Å². The minimum Gasteiger partial charge on any atom is -0.393 e. The summed E-state index contributed by atoms with van der Waals surface area (Å²) in [5.41, 5.74) is 0.995. The van der Waals surface area contributed by atoms with Crippen molar-refractivity contribution in [3.05, 3.63) is 29.8 Å². The lowest BCUT2D eigenvalue weighted by Crippen LogP contribution is -2.28. The van der Waals surface area contributed by atoms with E-state index < -0.39 is 16.1 Å². The number of aliphatic hydroxyl groups is 1. The Morgan fingerprint density at radius 3 is 2.40 bits per heavy atom. The van der Waals surface area contributed by atoms with Gasteiger partial charge in [0.05, 0.1) is 11.0 Å². The van der Waals surface area contributed by atoms with Crippen molar-refractivity contribution in [2.24, 2.45) is 5.92 Å². The van der Waals surface area contributed by atoms with Crippen molar-refractivity contribution in [2.45, 2.75) is 51.0 Å². The van der Waals surface area contributed by atoms with E-state index in [0.29, 0.717) is 6.42 Å². The van der Waals surface area contributed by atoms with Gasteiger partial charge in [0.2, 0.25) is 10.0 Å². The zero-order valence-electron chi connectivity index (χ0n) is 12.6. The summed E-state index contributed by atoms with van der Waals surface area (Å²) in [6.07, 6.45) is -0.0690. The number of nitrogens with one attached hydrogen (secondary N) is 1. The van der Waals surface area contributed by atoms with Crippen molar-refractivity contribution in [1.82, 2.24) is 4.72 Å². The first-order valence-electron chi connectivity index (χ1n) is 7.01. The Bertz CT molecular complexity index is 524. The molecule has 0 fully saturated rings. The predicted octanol–water partition coefficient (Wildman–Crippen LogP) is 2.50. The standard InChI is InChI=1S/C15H25NO3S/c1-11(2)13-6-5-7-14(10-13)20(18,19)16-9-8-15(17)12(3)4/h5-7,10-12,15-17H,8-9H2,1-4H3. The van der Waals surface area contributed by atoms with Crippen LogP contribution >= 0.6 is 0 Å². The van der Waals surface area contributed by atoms with E-state index in [1.165, 1.54) is 0 Å². The highest BCUT2D eigenvalue weighted by Crippen LogP contribution is 2.18. The molecule has 0 aromatic heterocycles. The first-order chi connectivity index (χ1) is 9.24. The quantitative estimate of drug-likeness (QED) is 0.813. The Labute approximate surface area is 122 Å². The molecule has 0 bridgehead atoms. The van der Waals surface area contributed by atoms with E-state index in [4.69, 9.17) is 0 Å². The molecule has 1 aromatic carbocycles. The minimum atomic E-state index is -3.50. The van der Waals surface area contributed by atoms with Gasteiger partial charge in [-0.3, -0.25) is 0 Å². The van der Waals surface area contributed by atoms with Crippen molar-refractivity contribution < 1.29 is 13.5 Å². The SMILES string of the molecule is CC(C)c1cccc(S(=O)(=O)NCCC(O)C(C)C)c1. The van der Waals surface area contributed by atoms with Crippen LogP contribution in [-0.2, 0) is 10.0 Å². The molecule has 0 heterocycles. The lowest BCUT2D eigenvalue weighted by Gasteiger charge is -2.15. The third-order valence-electron chi connectivity index (χ3n) is 3.34. The number of benzene rings is 1.